The molecular formula is C12H12F3N5. The van der Waals surface area contributed by atoms with Crippen LogP contribution in [0.5, 0.6) is 0 Å². The van der Waals surface area contributed by atoms with E-state index in [1.165, 1.54) is 0 Å². The predicted octanol–water partition coefficient (Wildman–Crippen LogP) is 1.71. The topological polar surface area (TPSA) is 68.2 Å². The van der Waals surface area contributed by atoms with E-state index in [-0.39, 0.29) is 11.3 Å². The summed E-state index contributed by atoms with van der Waals surface area (Å²) >= 11 is 0. The molecule has 8 heteroatoms. The molecule has 20 heavy (non-hydrogen) atoms. The van der Waals surface area contributed by atoms with Gasteiger partial charge in [0.25, 0.3) is 0 Å². The van der Waals surface area contributed by atoms with Crippen LogP contribution in [-0.4, -0.2) is 27.7 Å². The lowest BCUT2D eigenvalue weighted by Crippen LogP contribution is -2.20. The first kappa shape index (κ1) is 12.9. The molecule has 3 rings (SSSR count). The molecule has 2 aromatic rings. The van der Waals surface area contributed by atoms with Crippen molar-refractivity contribution in [2.45, 2.75) is 12.6 Å². The smallest absolute Gasteiger partial charge is 0.396 e. The first-order valence-electron chi connectivity index (χ1n) is 6.08. The number of rotatable bonds is 1. The van der Waals surface area contributed by atoms with Crippen LogP contribution in [0.4, 0.5) is 18.9 Å². The van der Waals surface area contributed by atoms with E-state index in [2.05, 4.69) is 15.4 Å². The molecule has 0 amide bonds. The van der Waals surface area contributed by atoms with Crippen LogP contribution >= 0.6 is 0 Å². The van der Waals surface area contributed by atoms with Crippen LogP contribution in [0.1, 0.15) is 17.8 Å². The molecule has 1 aliphatic rings. The van der Waals surface area contributed by atoms with E-state index in [1.54, 1.807) is 0 Å². The SMILES string of the molecule is Nc1cc(C(F)(F)F)cn2nc(C3=CCNCC3)nc12. The summed E-state index contributed by atoms with van der Waals surface area (Å²) in [6.45, 7) is 1.50. The summed E-state index contributed by atoms with van der Waals surface area (Å²) in [5.74, 6) is 0.428. The minimum atomic E-state index is -4.46. The van der Waals surface area contributed by atoms with Crippen LogP contribution < -0.4 is 11.1 Å². The fourth-order valence-corrected chi connectivity index (χ4v) is 2.13. The molecule has 3 N–H and O–H groups in total. The van der Waals surface area contributed by atoms with E-state index in [0.29, 0.717) is 12.4 Å². The number of anilines is 1. The lowest BCUT2D eigenvalue weighted by molar-refractivity contribution is -0.137. The number of nitrogen functional groups attached to an aromatic ring is 1. The second-order valence-electron chi connectivity index (χ2n) is 4.57. The maximum Gasteiger partial charge on any atom is 0.417 e. The minimum absolute atomic E-state index is 0.0342. The van der Waals surface area contributed by atoms with Crippen LogP contribution in [0, 0.1) is 0 Å². The number of halogens is 3. The van der Waals surface area contributed by atoms with Gasteiger partial charge in [-0.1, -0.05) is 6.08 Å². The molecule has 0 aromatic carbocycles. The molecule has 106 valence electrons. The zero-order valence-corrected chi connectivity index (χ0v) is 10.4. The fourth-order valence-electron chi connectivity index (χ4n) is 2.13. The van der Waals surface area contributed by atoms with Crippen LogP contribution in [0.3, 0.4) is 0 Å². The standard InChI is InChI=1S/C12H12F3N5/c13-12(14,15)8-5-9(16)11-18-10(19-20(11)6-8)7-1-3-17-4-2-7/h1,5-6,17H,2-4,16H2. The Labute approximate surface area is 112 Å². The second kappa shape index (κ2) is 4.48. The first-order chi connectivity index (χ1) is 9.45. The number of nitrogens with one attached hydrogen (secondary N) is 1. The summed E-state index contributed by atoms with van der Waals surface area (Å²) < 4.78 is 39.3. The molecule has 0 unspecified atom stereocenters. The Bertz CT molecular complexity index is 686. The van der Waals surface area contributed by atoms with E-state index in [1.807, 2.05) is 6.08 Å². The van der Waals surface area contributed by atoms with Crippen LogP contribution in [0.2, 0.25) is 0 Å². The van der Waals surface area contributed by atoms with Gasteiger partial charge in [-0.2, -0.15) is 13.2 Å². The van der Waals surface area contributed by atoms with Gasteiger partial charge >= 0.3 is 6.18 Å². The maximum absolute atomic E-state index is 12.7. The third-order valence-electron chi connectivity index (χ3n) is 3.14. The summed E-state index contributed by atoms with van der Waals surface area (Å²) in [5.41, 5.74) is 5.93. The molecule has 0 atom stereocenters. The summed E-state index contributed by atoms with van der Waals surface area (Å²) in [4.78, 5) is 4.22. The van der Waals surface area contributed by atoms with Gasteiger partial charge in [-0.25, -0.2) is 9.50 Å². The lowest BCUT2D eigenvalue weighted by atomic mass is 10.1. The zero-order valence-electron chi connectivity index (χ0n) is 10.4. The normalized spacial score (nSPS) is 16.4. The number of aromatic nitrogens is 3. The van der Waals surface area contributed by atoms with E-state index >= 15 is 0 Å². The van der Waals surface area contributed by atoms with Crippen LogP contribution in [-0.2, 0) is 6.18 Å². The molecule has 1 aliphatic heterocycles. The molecule has 2 aromatic heterocycles. The second-order valence-corrected chi connectivity index (χ2v) is 4.57. The fraction of sp³-hybridized carbons (Fsp3) is 0.333. The molecule has 0 saturated heterocycles. The van der Waals surface area contributed by atoms with Crippen molar-refractivity contribution < 1.29 is 13.2 Å². The number of nitrogens with zero attached hydrogens (tertiary/aromatic N) is 3. The van der Waals surface area contributed by atoms with E-state index in [4.69, 9.17) is 5.73 Å². The predicted molar refractivity (Wildman–Crippen MR) is 67.9 cm³/mol. The summed E-state index contributed by atoms with van der Waals surface area (Å²) in [6.07, 6.45) is -0.881. The molecule has 3 heterocycles. The minimum Gasteiger partial charge on any atom is -0.396 e. The Morgan fingerprint density at radius 2 is 2.15 bits per heavy atom. The number of pyridine rings is 1. The molecule has 0 radical (unpaired) electrons. The van der Waals surface area contributed by atoms with Crippen molar-refractivity contribution in [1.29, 1.82) is 0 Å². The van der Waals surface area contributed by atoms with Crippen molar-refractivity contribution in [3.8, 4) is 0 Å². The lowest BCUT2D eigenvalue weighted by Gasteiger charge is -2.10. The number of nitrogens with two attached hydrogens (primary N) is 1. The molecular weight excluding hydrogens is 271 g/mol. The van der Waals surface area contributed by atoms with Gasteiger partial charge in [0, 0.05) is 12.7 Å². The molecule has 0 fully saturated rings. The van der Waals surface area contributed by atoms with E-state index < -0.39 is 11.7 Å². The van der Waals surface area contributed by atoms with Crippen molar-refractivity contribution in [2.75, 3.05) is 18.8 Å². The van der Waals surface area contributed by atoms with Crippen LogP contribution in [0.15, 0.2) is 18.3 Å². The van der Waals surface area contributed by atoms with Crippen molar-refractivity contribution >= 4 is 16.9 Å². The quantitative estimate of drug-likeness (QED) is 0.836. The van der Waals surface area contributed by atoms with Gasteiger partial charge in [0.05, 0.1) is 11.3 Å². The Morgan fingerprint density at radius 1 is 1.35 bits per heavy atom. The van der Waals surface area contributed by atoms with Crippen LogP contribution in [0.25, 0.3) is 11.2 Å². The molecule has 0 spiro atoms. The Kier molecular flexibility index (Phi) is 2.89. The highest BCUT2D eigenvalue weighted by Gasteiger charge is 2.32. The summed E-state index contributed by atoms with van der Waals surface area (Å²) in [6, 6.07) is 0.880. The largest absolute Gasteiger partial charge is 0.417 e. The maximum atomic E-state index is 12.7. The van der Waals surface area contributed by atoms with E-state index in [0.717, 1.165) is 35.3 Å². The highest BCUT2D eigenvalue weighted by atomic mass is 19.4. The molecule has 0 aliphatic carbocycles. The van der Waals surface area contributed by atoms with Gasteiger partial charge in [-0.15, -0.1) is 5.10 Å². The molecule has 0 saturated carbocycles. The van der Waals surface area contributed by atoms with Crippen molar-refractivity contribution in [2.24, 2.45) is 0 Å². The zero-order chi connectivity index (χ0) is 14.3. The monoisotopic (exact) mass is 283 g/mol. The molecule has 0 bridgehead atoms. The Balaban J connectivity index is 2.11. The number of hydrogen-bond acceptors (Lipinski definition) is 4. The van der Waals surface area contributed by atoms with Crippen molar-refractivity contribution in [3.63, 3.8) is 0 Å². The Morgan fingerprint density at radius 3 is 2.80 bits per heavy atom. The summed E-state index contributed by atoms with van der Waals surface area (Å²) in [5, 5.41) is 7.25. The third kappa shape index (κ3) is 2.22. The highest BCUT2D eigenvalue weighted by Crippen LogP contribution is 2.31. The Hall–Kier alpha value is -2.09. The van der Waals surface area contributed by atoms with Crippen molar-refractivity contribution in [3.05, 3.63) is 29.7 Å². The van der Waals surface area contributed by atoms with Gasteiger partial charge < -0.3 is 11.1 Å². The molecule has 5 nitrogen and oxygen atoms in total. The average Bonchev–Trinajstić information content (AvgIpc) is 2.83. The van der Waals surface area contributed by atoms with E-state index in [9.17, 15) is 13.2 Å². The van der Waals surface area contributed by atoms with Gasteiger partial charge in [-0.05, 0) is 24.6 Å². The first-order valence-corrected chi connectivity index (χ1v) is 6.08. The number of alkyl halides is 3. The van der Waals surface area contributed by atoms with Gasteiger partial charge in [0.1, 0.15) is 0 Å². The number of hydrogen-bond donors (Lipinski definition) is 2. The average molecular weight is 283 g/mol. The highest BCUT2D eigenvalue weighted by molar-refractivity contribution is 5.69. The number of fused-ring (bicyclic) bond motifs is 1. The third-order valence-corrected chi connectivity index (χ3v) is 3.14. The van der Waals surface area contributed by atoms with Gasteiger partial charge in [-0.3, -0.25) is 0 Å². The summed E-state index contributed by atoms with van der Waals surface area (Å²) in [7, 11) is 0. The van der Waals surface area contributed by atoms with Gasteiger partial charge in [0.2, 0.25) is 0 Å². The van der Waals surface area contributed by atoms with Gasteiger partial charge in [0.15, 0.2) is 11.5 Å². The van der Waals surface area contributed by atoms with Crippen molar-refractivity contribution in [1.82, 2.24) is 19.9 Å².